The minimum atomic E-state index is -0.905. The molecule has 1 unspecified atom stereocenters. The monoisotopic (exact) mass is 287 g/mol. The summed E-state index contributed by atoms with van der Waals surface area (Å²) >= 11 is 6.09. The lowest BCUT2D eigenvalue weighted by Gasteiger charge is -2.20. The van der Waals surface area contributed by atoms with Gasteiger partial charge in [-0.05, 0) is 41.5 Å². The maximum atomic E-state index is 13.5. The molecule has 0 aliphatic heterocycles. The van der Waals surface area contributed by atoms with Gasteiger partial charge in [0.05, 0.1) is 0 Å². The van der Waals surface area contributed by atoms with Gasteiger partial charge >= 0.3 is 0 Å². The standard InChI is InChI=1S/C15H20ClF2N/c1-14(2)13(15(14,3)4)12(19-5)8-6-10(17)11(18)7-9(8)16/h6-7,12-13,19H,1-5H3. The van der Waals surface area contributed by atoms with Gasteiger partial charge in [0, 0.05) is 11.1 Å². The zero-order valence-corrected chi connectivity index (χ0v) is 12.7. The molecule has 0 saturated heterocycles. The Bertz CT molecular complexity index is 497. The molecule has 1 aromatic carbocycles. The smallest absolute Gasteiger partial charge is 0.160 e. The summed E-state index contributed by atoms with van der Waals surface area (Å²) in [4.78, 5) is 0. The van der Waals surface area contributed by atoms with Crippen molar-refractivity contribution >= 4 is 11.6 Å². The van der Waals surface area contributed by atoms with Crippen LogP contribution < -0.4 is 5.32 Å². The molecule has 1 nitrogen and oxygen atoms in total. The van der Waals surface area contributed by atoms with E-state index in [-0.39, 0.29) is 21.9 Å². The first-order valence-corrected chi connectivity index (χ1v) is 6.84. The summed E-state index contributed by atoms with van der Waals surface area (Å²) < 4.78 is 26.6. The van der Waals surface area contributed by atoms with Gasteiger partial charge in [-0.1, -0.05) is 39.3 Å². The Labute approximate surface area is 118 Å². The van der Waals surface area contributed by atoms with Gasteiger partial charge in [-0.2, -0.15) is 0 Å². The number of hydrogen-bond acceptors (Lipinski definition) is 1. The van der Waals surface area contributed by atoms with Gasteiger partial charge in [-0.15, -0.1) is 0 Å². The second-order valence-corrected chi connectivity index (χ2v) is 6.88. The Balaban J connectivity index is 2.43. The third-order valence-corrected chi connectivity index (χ3v) is 5.48. The van der Waals surface area contributed by atoms with Crippen molar-refractivity contribution in [1.29, 1.82) is 0 Å². The lowest BCUT2D eigenvalue weighted by Crippen LogP contribution is -2.22. The van der Waals surface area contributed by atoms with Gasteiger partial charge < -0.3 is 5.32 Å². The van der Waals surface area contributed by atoms with Crippen molar-refractivity contribution in [2.45, 2.75) is 33.7 Å². The van der Waals surface area contributed by atoms with Crippen molar-refractivity contribution in [2.24, 2.45) is 16.7 Å². The molecule has 0 spiro atoms. The van der Waals surface area contributed by atoms with E-state index in [0.717, 1.165) is 6.07 Å². The van der Waals surface area contributed by atoms with E-state index >= 15 is 0 Å². The zero-order valence-electron chi connectivity index (χ0n) is 11.9. The molecule has 1 atom stereocenters. The van der Waals surface area contributed by atoms with Crippen LogP contribution in [0.2, 0.25) is 5.02 Å². The summed E-state index contributed by atoms with van der Waals surface area (Å²) in [6.07, 6.45) is 0. The fraction of sp³-hybridized carbons (Fsp3) is 0.600. The fourth-order valence-electron chi connectivity index (χ4n) is 3.36. The van der Waals surface area contributed by atoms with E-state index < -0.39 is 11.6 Å². The molecular formula is C15H20ClF2N. The van der Waals surface area contributed by atoms with Crippen LogP contribution in [0, 0.1) is 28.4 Å². The van der Waals surface area contributed by atoms with Crippen LogP contribution in [0.15, 0.2) is 12.1 Å². The Kier molecular flexibility index (Phi) is 3.43. The first-order valence-electron chi connectivity index (χ1n) is 6.46. The molecule has 0 amide bonds. The van der Waals surface area contributed by atoms with E-state index in [9.17, 15) is 8.78 Å². The number of nitrogens with one attached hydrogen (secondary N) is 1. The van der Waals surface area contributed by atoms with E-state index in [1.807, 2.05) is 7.05 Å². The SMILES string of the molecule is CNC(c1cc(F)c(F)cc1Cl)C1C(C)(C)C1(C)C. The summed E-state index contributed by atoms with van der Waals surface area (Å²) in [5.41, 5.74) is 0.899. The maximum absolute atomic E-state index is 13.5. The maximum Gasteiger partial charge on any atom is 0.160 e. The molecular weight excluding hydrogens is 268 g/mol. The topological polar surface area (TPSA) is 12.0 Å². The molecule has 0 radical (unpaired) electrons. The van der Waals surface area contributed by atoms with Gasteiger partial charge in [0.15, 0.2) is 11.6 Å². The van der Waals surface area contributed by atoms with E-state index in [1.54, 1.807) is 0 Å². The highest BCUT2D eigenvalue weighted by atomic mass is 35.5. The predicted octanol–water partition coefficient (Wildman–Crippen LogP) is 4.56. The molecule has 1 aromatic rings. The minimum absolute atomic E-state index is 0.0763. The van der Waals surface area contributed by atoms with E-state index in [4.69, 9.17) is 11.6 Å². The molecule has 4 heteroatoms. The normalized spacial score (nSPS) is 22.3. The van der Waals surface area contributed by atoms with Crippen LogP contribution in [0.25, 0.3) is 0 Å². The van der Waals surface area contributed by atoms with E-state index in [0.29, 0.717) is 11.5 Å². The van der Waals surface area contributed by atoms with Crippen molar-refractivity contribution in [3.8, 4) is 0 Å². The van der Waals surface area contributed by atoms with Crippen molar-refractivity contribution in [3.05, 3.63) is 34.4 Å². The van der Waals surface area contributed by atoms with Crippen LogP contribution in [-0.4, -0.2) is 7.05 Å². The predicted molar refractivity (Wildman–Crippen MR) is 74.2 cm³/mol. The summed E-state index contributed by atoms with van der Waals surface area (Å²) in [6, 6.07) is 2.19. The van der Waals surface area contributed by atoms with Gasteiger partial charge in [-0.25, -0.2) is 8.78 Å². The van der Waals surface area contributed by atoms with Crippen molar-refractivity contribution in [3.63, 3.8) is 0 Å². The molecule has 1 fully saturated rings. The highest BCUT2D eigenvalue weighted by molar-refractivity contribution is 6.31. The van der Waals surface area contributed by atoms with Gasteiger partial charge in [-0.3, -0.25) is 0 Å². The summed E-state index contributed by atoms with van der Waals surface area (Å²) in [5, 5.41) is 3.48. The van der Waals surface area contributed by atoms with E-state index in [1.165, 1.54) is 6.07 Å². The zero-order chi connectivity index (χ0) is 14.6. The number of benzene rings is 1. The molecule has 1 aliphatic carbocycles. The van der Waals surface area contributed by atoms with Crippen LogP contribution in [0.3, 0.4) is 0 Å². The summed E-state index contributed by atoms with van der Waals surface area (Å²) in [5.74, 6) is -1.43. The van der Waals surface area contributed by atoms with Crippen LogP contribution in [-0.2, 0) is 0 Å². The third-order valence-electron chi connectivity index (χ3n) is 5.15. The molecule has 1 aliphatic rings. The van der Waals surface area contributed by atoms with Gasteiger partial charge in [0.1, 0.15) is 0 Å². The quantitative estimate of drug-likeness (QED) is 0.804. The number of halogens is 3. The van der Waals surface area contributed by atoms with Crippen LogP contribution in [0.1, 0.15) is 39.3 Å². The lowest BCUT2D eigenvalue weighted by molar-refractivity contribution is 0.432. The second kappa shape index (κ2) is 4.42. The Morgan fingerprint density at radius 3 is 2.00 bits per heavy atom. The average molecular weight is 288 g/mol. The summed E-state index contributed by atoms with van der Waals surface area (Å²) in [7, 11) is 1.83. The number of hydrogen-bond donors (Lipinski definition) is 1. The highest BCUT2D eigenvalue weighted by Gasteiger charge is 2.67. The molecule has 1 saturated carbocycles. The lowest BCUT2D eigenvalue weighted by atomic mass is 9.96. The molecule has 2 rings (SSSR count). The van der Waals surface area contributed by atoms with Crippen LogP contribution in [0.4, 0.5) is 8.78 Å². The van der Waals surface area contributed by atoms with Gasteiger partial charge in [0.25, 0.3) is 0 Å². The first kappa shape index (κ1) is 14.7. The van der Waals surface area contributed by atoms with Crippen LogP contribution in [0.5, 0.6) is 0 Å². The van der Waals surface area contributed by atoms with Crippen molar-refractivity contribution in [2.75, 3.05) is 7.05 Å². The fourth-order valence-corrected chi connectivity index (χ4v) is 3.63. The van der Waals surface area contributed by atoms with Crippen LogP contribution >= 0.6 is 11.6 Å². The minimum Gasteiger partial charge on any atom is -0.313 e. The Morgan fingerprint density at radius 1 is 1.11 bits per heavy atom. The number of rotatable bonds is 3. The molecule has 106 valence electrons. The largest absolute Gasteiger partial charge is 0.313 e. The molecule has 0 heterocycles. The second-order valence-electron chi connectivity index (χ2n) is 6.48. The molecule has 0 bridgehead atoms. The van der Waals surface area contributed by atoms with Gasteiger partial charge in [0.2, 0.25) is 0 Å². The highest BCUT2D eigenvalue weighted by Crippen LogP contribution is 2.72. The first-order chi connectivity index (χ1) is 8.64. The van der Waals surface area contributed by atoms with Crippen molar-refractivity contribution < 1.29 is 8.78 Å². The Morgan fingerprint density at radius 2 is 1.58 bits per heavy atom. The Hall–Kier alpha value is -0.670. The average Bonchev–Trinajstić information content (AvgIpc) is 2.69. The van der Waals surface area contributed by atoms with E-state index in [2.05, 4.69) is 33.0 Å². The molecule has 1 N–H and O–H groups in total. The van der Waals surface area contributed by atoms with Crippen molar-refractivity contribution in [1.82, 2.24) is 5.32 Å². The third kappa shape index (κ3) is 2.07. The molecule has 19 heavy (non-hydrogen) atoms. The molecule has 0 aromatic heterocycles. The summed E-state index contributed by atoms with van der Waals surface area (Å²) in [6.45, 7) is 8.76.